The minimum absolute atomic E-state index is 0.0635. The van der Waals surface area contributed by atoms with Crippen molar-refractivity contribution in [2.75, 3.05) is 27.4 Å². The van der Waals surface area contributed by atoms with Gasteiger partial charge in [0.05, 0.1) is 25.9 Å². The van der Waals surface area contributed by atoms with E-state index in [0.717, 1.165) is 18.4 Å². The van der Waals surface area contributed by atoms with E-state index in [1.165, 1.54) is 0 Å². The molecule has 1 aromatic rings. The van der Waals surface area contributed by atoms with Crippen molar-refractivity contribution in [2.24, 2.45) is 29.4 Å². The van der Waals surface area contributed by atoms with E-state index in [0.29, 0.717) is 37.6 Å². The number of primary amides is 1. The van der Waals surface area contributed by atoms with E-state index in [4.69, 9.17) is 29.4 Å². The fourth-order valence-corrected chi connectivity index (χ4v) is 6.10. The standard InChI is InChI=1S/C37H64N4O8/c1-23(2)26(19-25-15-16-29(46-13)31(20-25)47-18-14-17-45-12)21-28-30(22-27(24(3)4)32(42)39-36(8,9)33(38)43)48-37(10,11)41(28)40-34(44)49-35(5,6)7/h15-16,20,23-24,26-28,30H,14,17-19,21-22H2,1-13H3,(H2,38,43)(H,39,42)(H,40,44)/t26-,27-,28-,30-/m0/s1. The Labute approximate surface area is 294 Å². The van der Waals surface area contributed by atoms with Crippen molar-refractivity contribution < 1.29 is 38.1 Å². The summed E-state index contributed by atoms with van der Waals surface area (Å²) in [5.41, 5.74) is 6.84. The third-order valence-electron chi connectivity index (χ3n) is 9.03. The Morgan fingerprint density at radius 1 is 0.980 bits per heavy atom. The van der Waals surface area contributed by atoms with Gasteiger partial charge < -0.3 is 34.7 Å². The maximum atomic E-state index is 13.6. The average molecular weight is 693 g/mol. The number of nitrogens with zero attached hydrogens (tertiary/aromatic N) is 1. The second-order valence-electron chi connectivity index (χ2n) is 15.8. The summed E-state index contributed by atoms with van der Waals surface area (Å²) >= 11 is 0. The first-order valence-electron chi connectivity index (χ1n) is 17.5. The number of nitrogens with two attached hydrogens (primary N) is 1. The minimum atomic E-state index is -1.21. The van der Waals surface area contributed by atoms with E-state index in [1.807, 2.05) is 65.6 Å². The summed E-state index contributed by atoms with van der Waals surface area (Å²) < 4.78 is 29.1. The number of rotatable bonds is 18. The quantitative estimate of drug-likeness (QED) is 0.167. The summed E-state index contributed by atoms with van der Waals surface area (Å²) in [6.45, 7) is 21.9. The zero-order valence-electron chi connectivity index (χ0n) is 32.2. The predicted molar refractivity (Wildman–Crippen MR) is 190 cm³/mol. The summed E-state index contributed by atoms with van der Waals surface area (Å²) in [5.74, 6) is 0.331. The van der Waals surface area contributed by atoms with Crippen molar-refractivity contribution in [1.29, 1.82) is 0 Å². The Balaban J connectivity index is 2.48. The molecule has 0 spiro atoms. The molecule has 1 aromatic carbocycles. The molecule has 280 valence electrons. The third kappa shape index (κ3) is 12.6. The van der Waals surface area contributed by atoms with Gasteiger partial charge in [0.2, 0.25) is 11.8 Å². The highest BCUT2D eigenvalue weighted by atomic mass is 16.6. The van der Waals surface area contributed by atoms with Gasteiger partial charge in [0.25, 0.3) is 0 Å². The van der Waals surface area contributed by atoms with Gasteiger partial charge in [-0.25, -0.2) is 4.79 Å². The van der Waals surface area contributed by atoms with Gasteiger partial charge in [-0.3, -0.25) is 15.0 Å². The van der Waals surface area contributed by atoms with E-state index in [2.05, 4.69) is 30.7 Å². The molecule has 0 radical (unpaired) electrons. The third-order valence-corrected chi connectivity index (χ3v) is 9.03. The molecule has 1 heterocycles. The molecule has 0 bridgehead atoms. The first-order chi connectivity index (χ1) is 22.6. The van der Waals surface area contributed by atoms with Crippen LogP contribution in [-0.4, -0.2) is 79.4 Å². The SMILES string of the molecule is COCCCOc1cc(C[C@@H](C[C@H]2[C@H](C[C@H](C(=O)NC(C)(C)C(N)=O)C(C)C)OC(C)(C)N2NC(=O)OC(C)(C)C)C(C)C)ccc1OC. The highest BCUT2D eigenvalue weighted by Crippen LogP contribution is 2.40. The lowest BCUT2D eigenvalue weighted by Gasteiger charge is -2.36. The van der Waals surface area contributed by atoms with Crippen LogP contribution >= 0.6 is 0 Å². The van der Waals surface area contributed by atoms with Gasteiger partial charge in [0, 0.05) is 26.1 Å². The van der Waals surface area contributed by atoms with Gasteiger partial charge in [-0.1, -0.05) is 33.8 Å². The highest BCUT2D eigenvalue weighted by Gasteiger charge is 2.51. The molecule has 4 N–H and O–H groups in total. The molecule has 1 aliphatic heterocycles. The van der Waals surface area contributed by atoms with Crippen LogP contribution in [0, 0.1) is 23.7 Å². The number of amides is 3. The first kappa shape index (κ1) is 42.1. The van der Waals surface area contributed by atoms with E-state index in [1.54, 1.807) is 28.1 Å². The van der Waals surface area contributed by atoms with Crippen molar-refractivity contribution in [3.8, 4) is 11.5 Å². The second kappa shape index (κ2) is 17.7. The Kier molecular flexibility index (Phi) is 15.2. The number of carbonyl (C=O) groups excluding carboxylic acids is 3. The largest absolute Gasteiger partial charge is 0.493 e. The molecule has 4 atom stereocenters. The van der Waals surface area contributed by atoms with E-state index < -0.39 is 40.9 Å². The van der Waals surface area contributed by atoms with E-state index in [9.17, 15) is 14.4 Å². The summed E-state index contributed by atoms with van der Waals surface area (Å²) in [6, 6.07) is 5.71. The van der Waals surface area contributed by atoms with Gasteiger partial charge in [0.1, 0.15) is 16.9 Å². The Morgan fingerprint density at radius 3 is 2.16 bits per heavy atom. The van der Waals surface area contributed by atoms with E-state index >= 15 is 0 Å². The molecule has 0 unspecified atom stereocenters. The summed E-state index contributed by atoms with van der Waals surface area (Å²) in [6.07, 6.45) is 1.50. The van der Waals surface area contributed by atoms with Gasteiger partial charge in [-0.2, -0.15) is 5.01 Å². The molecule has 2 rings (SSSR count). The maximum absolute atomic E-state index is 13.6. The summed E-state index contributed by atoms with van der Waals surface area (Å²) in [7, 11) is 3.29. The molecule has 12 nitrogen and oxygen atoms in total. The fraction of sp³-hybridized carbons (Fsp3) is 0.757. The Hall–Kier alpha value is -3.09. The maximum Gasteiger partial charge on any atom is 0.422 e. The highest BCUT2D eigenvalue weighted by molar-refractivity contribution is 5.90. The smallest absolute Gasteiger partial charge is 0.422 e. The summed E-state index contributed by atoms with van der Waals surface area (Å²) in [4.78, 5) is 38.9. The lowest BCUT2D eigenvalue weighted by molar-refractivity contribution is -0.135. The van der Waals surface area contributed by atoms with Crippen LogP contribution < -0.4 is 25.9 Å². The number of benzene rings is 1. The van der Waals surface area contributed by atoms with Gasteiger partial charge in [-0.15, -0.1) is 0 Å². The first-order valence-corrected chi connectivity index (χ1v) is 17.5. The molecular formula is C37H64N4O8. The zero-order valence-corrected chi connectivity index (χ0v) is 32.2. The second-order valence-corrected chi connectivity index (χ2v) is 15.8. The van der Waals surface area contributed by atoms with Gasteiger partial charge in [0.15, 0.2) is 11.5 Å². The topological polar surface area (TPSA) is 151 Å². The molecule has 0 aromatic heterocycles. The van der Waals surface area contributed by atoms with Crippen LogP contribution in [-0.2, 0) is 30.2 Å². The molecular weight excluding hydrogens is 628 g/mol. The molecule has 3 amide bonds. The average Bonchev–Trinajstić information content (AvgIpc) is 3.19. The zero-order chi connectivity index (χ0) is 37.3. The molecule has 0 aliphatic carbocycles. The molecule has 1 saturated heterocycles. The van der Waals surface area contributed by atoms with Crippen molar-refractivity contribution in [3.05, 3.63) is 23.8 Å². The van der Waals surface area contributed by atoms with Crippen molar-refractivity contribution in [1.82, 2.24) is 15.8 Å². The Morgan fingerprint density at radius 2 is 1.63 bits per heavy atom. The van der Waals surface area contributed by atoms with Crippen molar-refractivity contribution in [3.63, 3.8) is 0 Å². The van der Waals surface area contributed by atoms with Crippen LogP contribution in [0.2, 0.25) is 0 Å². The normalized spacial score (nSPS) is 19.4. The van der Waals surface area contributed by atoms with Crippen molar-refractivity contribution >= 4 is 17.9 Å². The molecule has 0 saturated carbocycles. The number of carbonyl (C=O) groups is 3. The minimum Gasteiger partial charge on any atom is -0.493 e. The van der Waals surface area contributed by atoms with Crippen LogP contribution in [0.25, 0.3) is 0 Å². The molecule has 1 fully saturated rings. The lowest BCUT2D eigenvalue weighted by atomic mass is 9.80. The summed E-state index contributed by atoms with van der Waals surface area (Å²) in [5, 5.41) is 4.69. The number of hydrogen-bond donors (Lipinski definition) is 3. The number of ether oxygens (including phenoxy) is 5. The molecule has 1 aliphatic rings. The monoisotopic (exact) mass is 692 g/mol. The van der Waals surface area contributed by atoms with Crippen LogP contribution in [0.3, 0.4) is 0 Å². The van der Waals surface area contributed by atoms with Gasteiger partial charge in [-0.05, 0) is 103 Å². The number of hydrogen-bond acceptors (Lipinski definition) is 9. The fourth-order valence-electron chi connectivity index (χ4n) is 6.10. The number of hydrazine groups is 1. The lowest BCUT2D eigenvalue weighted by Crippen LogP contribution is -2.57. The van der Waals surface area contributed by atoms with Crippen LogP contribution in [0.15, 0.2) is 18.2 Å². The molecule has 49 heavy (non-hydrogen) atoms. The van der Waals surface area contributed by atoms with Crippen LogP contribution in [0.1, 0.15) is 101 Å². The van der Waals surface area contributed by atoms with Crippen LogP contribution in [0.4, 0.5) is 4.79 Å². The Bertz CT molecular complexity index is 1240. The number of nitrogens with one attached hydrogen (secondary N) is 2. The number of methoxy groups -OCH3 is 2. The predicted octanol–water partition coefficient (Wildman–Crippen LogP) is 5.60. The van der Waals surface area contributed by atoms with Crippen LogP contribution in [0.5, 0.6) is 11.5 Å². The van der Waals surface area contributed by atoms with E-state index in [-0.39, 0.29) is 29.7 Å². The van der Waals surface area contributed by atoms with Gasteiger partial charge >= 0.3 is 6.09 Å². The van der Waals surface area contributed by atoms with Crippen molar-refractivity contribution in [2.45, 2.75) is 131 Å². The molecule has 12 heteroatoms.